The fourth-order valence-electron chi connectivity index (χ4n) is 2.40. The predicted molar refractivity (Wildman–Crippen MR) is 63.8 cm³/mol. The van der Waals surface area contributed by atoms with Crippen LogP contribution in [0.3, 0.4) is 0 Å². The molecule has 0 amide bonds. The summed E-state index contributed by atoms with van der Waals surface area (Å²) in [6, 6.07) is 5.99. The van der Waals surface area contributed by atoms with Gasteiger partial charge in [0.05, 0.1) is 12.7 Å². The van der Waals surface area contributed by atoms with Crippen molar-refractivity contribution >= 4 is 0 Å². The normalized spacial score (nSPS) is 23.2. The van der Waals surface area contributed by atoms with E-state index in [0.717, 1.165) is 37.1 Å². The molecular weight excluding hydrogens is 202 g/mol. The van der Waals surface area contributed by atoms with Crippen LogP contribution >= 0.6 is 0 Å². The van der Waals surface area contributed by atoms with Gasteiger partial charge in [0, 0.05) is 0 Å². The van der Waals surface area contributed by atoms with Crippen LogP contribution in [0, 0.1) is 0 Å². The van der Waals surface area contributed by atoms with Crippen molar-refractivity contribution in [3.63, 3.8) is 0 Å². The van der Waals surface area contributed by atoms with E-state index in [1.165, 1.54) is 5.56 Å². The van der Waals surface area contributed by atoms with Crippen LogP contribution in [-0.2, 0) is 12.0 Å². The van der Waals surface area contributed by atoms with Gasteiger partial charge >= 0.3 is 0 Å². The molecule has 88 valence electrons. The second-order valence-corrected chi connectivity index (χ2v) is 4.41. The number of aryl methyl sites for hydroxylation is 1. The van der Waals surface area contributed by atoms with Crippen molar-refractivity contribution in [2.45, 2.75) is 24.9 Å². The monoisotopic (exact) mass is 221 g/mol. The van der Waals surface area contributed by atoms with Gasteiger partial charge in [0.15, 0.2) is 0 Å². The highest BCUT2D eigenvalue weighted by atomic mass is 16.5. The van der Waals surface area contributed by atoms with Gasteiger partial charge in [-0.1, -0.05) is 6.07 Å². The quantitative estimate of drug-likeness (QED) is 0.808. The lowest BCUT2D eigenvalue weighted by atomic mass is 9.92. The molecule has 1 unspecified atom stereocenters. The maximum absolute atomic E-state index is 10.6. The van der Waals surface area contributed by atoms with Crippen molar-refractivity contribution in [2.75, 3.05) is 20.7 Å². The molecule has 3 heteroatoms. The summed E-state index contributed by atoms with van der Waals surface area (Å²) in [6.45, 7) is 0.827. The number of benzene rings is 1. The molecule has 0 heterocycles. The van der Waals surface area contributed by atoms with Gasteiger partial charge < -0.3 is 15.2 Å². The van der Waals surface area contributed by atoms with Gasteiger partial charge in [-0.15, -0.1) is 0 Å². The van der Waals surface area contributed by atoms with Gasteiger partial charge in [-0.05, 0) is 56.1 Å². The first kappa shape index (κ1) is 11.4. The van der Waals surface area contributed by atoms with Crippen LogP contribution in [0.15, 0.2) is 18.2 Å². The largest absolute Gasteiger partial charge is 0.497 e. The molecule has 1 aliphatic carbocycles. The van der Waals surface area contributed by atoms with E-state index in [1.54, 1.807) is 7.11 Å². The Morgan fingerprint density at radius 1 is 1.50 bits per heavy atom. The first-order chi connectivity index (χ1) is 7.69. The second kappa shape index (κ2) is 4.44. The van der Waals surface area contributed by atoms with Gasteiger partial charge in [0.25, 0.3) is 0 Å². The van der Waals surface area contributed by atoms with Gasteiger partial charge in [0.2, 0.25) is 0 Å². The van der Waals surface area contributed by atoms with Crippen molar-refractivity contribution in [3.05, 3.63) is 29.3 Å². The van der Waals surface area contributed by atoms with Crippen LogP contribution in [0.4, 0.5) is 0 Å². The van der Waals surface area contributed by atoms with E-state index in [4.69, 9.17) is 4.74 Å². The van der Waals surface area contributed by atoms with Crippen LogP contribution in [-0.4, -0.2) is 25.8 Å². The van der Waals surface area contributed by atoms with E-state index in [2.05, 4.69) is 11.4 Å². The standard InChI is InChI=1S/C13H19NO2/c1-14-8-7-13(15)6-5-10-3-4-11(16-2)9-12(10)13/h3-4,9,14-15H,5-8H2,1-2H3. The molecule has 0 aromatic heterocycles. The number of methoxy groups -OCH3 is 1. The minimum Gasteiger partial charge on any atom is -0.497 e. The van der Waals surface area contributed by atoms with Crippen LogP contribution < -0.4 is 10.1 Å². The topological polar surface area (TPSA) is 41.5 Å². The molecule has 2 N–H and O–H groups in total. The number of aliphatic hydroxyl groups is 1. The van der Waals surface area contributed by atoms with Gasteiger partial charge in [-0.3, -0.25) is 0 Å². The molecule has 0 saturated heterocycles. The third-order valence-electron chi connectivity index (χ3n) is 3.41. The molecule has 0 aliphatic heterocycles. The van der Waals surface area contributed by atoms with E-state index >= 15 is 0 Å². The maximum Gasteiger partial charge on any atom is 0.119 e. The molecule has 1 aromatic carbocycles. The molecule has 1 aliphatic rings. The number of fused-ring (bicyclic) bond motifs is 1. The average molecular weight is 221 g/mol. The van der Waals surface area contributed by atoms with Crippen LogP contribution in [0.5, 0.6) is 5.75 Å². The molecule has 16 heavy (non-hydrogen) atoms. The Balaban J connectivity index is 2.29. The molecule has 0 bridgehead atoms. The molecular formula is C13H19NO2. The third kappa shape index (κ3) is 1.93. The highest BCUT2D eigenvalue weighted by Crippen LogP contribution is 2.40. The zero-order valence-corrected chi connectivity index (χ0v) is 9.92. The first-order valence-electron chi connectivity index (χ1n) is 5.74. The van der Waals surface area contributed by atoms with Gasteiger partial charge in [0.1, 0.15) is 5.75 Å². The zero-order chi connectivity index (χ0) is 11.6. The van der Waals surface area contributed by atoms with E-state index in [-0.39, 0.29) is 0 Å². The summed E-state index contributed by atoms with van der Waals surface area (Å²) in [5, 5.41) is 13.7. The van der Waals surface area contributed by atoms with E-state index in [0.29, 0.717) is 0 Å². The van der Waals surface area contributed by atoms with E-state index in [1.807, 2.05) is 19.2 Å². The highest BCUT2D eigenvalue weighted by molar-refractivity contribution is 5.42. The Bertz CT molecular complexity index is 378. The summed E-state index contributed by atoms with van der Waals surface area (Å²) >= 11 is 0. The summed E-state index contributed by atoms with van der Waals surface area (Å²) in [6.07, 6.45) is 2.53. The molecule has 1 aromatic rings. The van der Waals surface area contributed by atoms with Crippen LogP contribution in [0.25, 0.3) is 0 Å². The summed E-state index contributed by atoms with van der Waals surface area (Å²) < 4.78 is 5.21. The smallest absolute Gasteiger partial charge is 0.119 e. The molecule has 0 saturated carbocycles. The van der Waals surface area contributed by atoms with Crippen molar-refractivity contribution in [1.29, 1.82) is 0 Å². The molecule has 0 spiro atoms. The molecule has 3 nitrogen and oxygen atoms in total. The van der Waals surface area contributed by atoms with E-state index < -0.39 is 5.60 Å². The summed E-state index contributed by atoms with van der Waals surface area (Å²) in [7, 11) is 3.56. The molecule has 0 fully saturated rings. The van der Waals surface area contributed by atoms with Gasteiger partial charge in [-0.2, -0.15) is 0 Å². The number of hydrogen-bond acceptors (Lipinski definition) is 3. The number of nitrogens with one attached hydrogen (secondary N) is 1. The Morgan fingerprint density at radius 3 is 3.00 bits per heavy atom. The Labute approximate surface area is 96.4 Å². The van der Waals surface area contributed by atoms with Gasteiger partial charge in [-0.25, -0.2) is 0 Å². The lowest BCUT2D eigenvalue weighted by Crippen LogP contribution is -2.27. The number of rotatable bonds is 4. The fourth-order valence-corrected chi connectivity index (χ4v) is 2.40. The number of ether oxygens (including phenoxy) is 1. The van der Waals surface area contributed by atoms with Crippen molar-refractivity contribution in [1.82, 2.24) is 5.32 Å². The maximum atomic E-state index is 10.6. The fraction of sp³-hybridized carbons (Fsp3) is 0.538. The zero-order valence-electron chi connectivity index (χ0n) is 9.92. The lowest BCUT2D eigenvalue weighted by Gasteiger charge is -2.24. The van der Waals surface area contributed by atoms with Crippen molar-refractivity contribution in [2.24, 2.45) is 0 Å². The van der Waals surface area contributed by atoms with E-state index in [9.17, 15) is 5.11 Å². The Morgan fingerprint density at radius 2 is 2.31 bits per heavy atom. The number of hydrogen-bond donors (Lipinski definition) is 2. The summed E-state index contributed by atoms with van der Waals surface area (Å²) in [4.78, 5) is 0. The van der Waals surface area contributed by atoms with Crippen LogP contribution in [0.2, 0.25) is 0 Å². The average Bonchev–Trinajstić information content (AvgIpc) is 2.65. The first-order valence-corrected chi connectivity index (χ1v) is 5.74. The second-order valence-electron chi connectivity index (χ2n) is 4.41. The van der Waals surface area contributed by atoms with Crippen molar-refractivity contribution in [3.8, 4) is 5.75 Å². The Hall–Kier alpha value is -1.06. The van der Waals surface area contributed by atoms with Crippen LogP contribution in [0.1, 0.15) is 24.0 Å². The lowest BCUT2D eigenvalue weighted by molar-refractivity contribution is 0.0301. The summed E-state index contributed by atoms with van der Waals surface area (Å²) in [5.74, 6) is 0.823. The Kier molecular flexibility index (Phi) is 3.17. The molecule has 1 atom stereocenters. The molecule has 0 radical (unpaired) electrons. The van der Waals surface area contributed by atoms with Crippen molar-refractivity contribution < 1.29 is 9.84 Å². The minimum atomic E-state index is -0.674. The minimum absolute atomic E-state index is 0.674. The highest BCUT2D eigenvalue weighted by Gasteiger charge is 2.36. The SMILES string of the molecule is CNCCC1(O)CCc2ccc(OC)cc21. The summed E-state index contributed by atoms with van der Waals surface area (Å²) in [5.41, 5.74) is 1.62. The molecule has 2 rings (SSSR count). The predicted octanol–water partition coefficient (Wildman–Crippen LogP) is 1.44. The third-order valence-corrected chi connectivity index (χ3v) is 3.41.